The van der Waals surface area contributed by atoms with Crippen LogP contribution in [0.15, 0.2) is 6.07 Å². The molecule has 1 aromatic carbocycles. The lowest BCUT2D eigenvalue weighted by molar-refractivity contribution is -0.136. The maximum atomic E-state index is 16.0. The van der Waals surface area contributed by atoms with Crippen LogP contribution < -0.4 is 5.32 Å². The molecule has 0 bridgehead atoms. The highest BCUT2D eigenvalue weighted by Crippen LogP contribution is 2.40. The Labute approximate surface area is 258 Å². The number of rotatable bonds is 5. The van der Waals surface area contributed by atoms with E-state index in [9.17, 15) is 19.2 Å². The number of halogens is 1. The first-order valence-corrected chi connectivity index (χ1v) is 16.2. The van der Waals surface area contributed by atoms with Gasteiger partial charge in [-0.3, -0.25) is 19.7 Å². The number of carbonyl (C=O) groups is 4. The van der Waals surface area contributed by atoms with E-state index in [1.54, 1.807) is 4.90 Å². The summed E-state index contributed by atoms with van der Waals surface area (Å²) >= 11 is 0. The summed E-state index contributed by atoms with van der Waals surface area (Å²) in [5.74, 6) is -1.39. The Bertz CT molecular complexity index is 1320. The van der Waals surface area contributed by atoms with E-state index in [2.05, 4.69) is 10.2 Å². The lowest BCUT2D eigenvalue weighted by Crippen LogP contribution is -2.52. The van der Waals surface area contributed by atoms with Gasteiger partial charge in [-0.1, -0.05) is 6.07 Å². The van der Waals surface area contributed by atoms with Gasteiger partial charge in [0.1, 0.15) is 17.5 Å². The maximum Gasteiger partial charge on any atom is 0.410 e. The Balaban J connectivity index is 0.977. The average Bonchev–Trinajstić information content (AvgIpc) is 3.29. The van der Waals surface area contributed by atoms with Crippen molar-refractivity contribution in [1.82, 2.24) is 20.0 Å². The van der Waals surface area contributed by atoms with Crippen LogP contribution in [0.4, 0.5) is 9.18 Å². The molecule has 0 unspecified atom stereocenters. The Morgan fingerprint density at radius 3 is 2.30 bits per heavy atom. The van der Waals surface area contributed by atoms with Gasteiger partial charge in [-0.15, -0.1) is 0 Å². The van der Waals surface area contributed by atoms with E-state index >= 15 is 4.39 Å². The number of hydrogen-bond donors (Lipinski definition) is 1. The van der Waals surface area contributed by atoms with Gasteiger partial charge in [-0.25, -0.2) is 9.18 Å². The number of likely N-dealkylation sites (tertiary alicyclic amines) is 2. The molecule has 240 valence electrons. The third-order valence-electron chi connectivity index (χ3n) is 10.0. The number of ether oxygens (including phenoxy) is 2. The van der Waals surface area contributed by atoms with E-state index in [0.29, 0.717) is 35.8 Å². The van der Waals surface area contributed by atoms with Gasteiger partial charge in [0.15, 0.2) is 0 Å². The Morgan fingerprint density at radius 1 is 0.977 bits per heavy atom. The lowest BCUT2D eigenvalue weighted by atomic mass is 9.82. The van der Waals surface area contributed by atoms with Crippen molar-refractivity contribution in [2.75, 3.05) is 26.2 Å². The van der Waals surface area contributed by atoms with E-state index in [1.165, 1.54) is 4.90 Å². The van der Waals surface area contributed by atoms with Crippen LogP contribution in [0.2, 0.25) is 0 Å². The molecule has 1 aliphatic carbocycles. The number of imide groups is 1. The number of fused-ring (bicyclic) bond motifs is 1. The van der Waals surface area contributed by atoms with E-state index in [0.717, 1.165) is 57.2 Å². The van der Waals surface area contributed by atoms with Crippen molar-refractivity contribution in [3.05, 3.63) is 34.1 Å². The SMILES string of the molecule is Cc1cc(C2CCN(C3CC(OC4CCN(C(=O)OC(C)(C)C)CC4)C3)CC2)c(F)c2c1C(=O)N([C@@H]1CCC(=O)NC1=O)C2. The number of benzene rings is 1. The lowest BCUT2D eigenvalue weighted by Gasteiger charge is -2.47. The molecule has 4 fully saturated rings. The molecular weight excluding hydrogens is 567 g/mol. The van der Waals surface area contributed by atoms with Crippen LogP contribution in [-0.2, 0) is 25.6 Å². The number of carbonyl (C=O) groups excluding carboxylic acids is 4. The highest BCUT2D eigenvalue weighted by Gasteiger charge is 2.43. The maximum absolute atomic E-state index is 16.0. The van der Waals surface area contributed by atoms with Crippen molar-refractivity contribution >= 4 is 23.8 Å². The van der Waals surface area contributed by atoms with E-state index in [1.807, 2.05) is 33.8 Å². The fourth-order valence-corrected chi connectivity index (χ4v) is 7.55. The van der Waals surface area contributed by atoms with Gasteiger partial charge in [0.2, 0.25) is 11.8 Å². The molecule has 0 aromatic heterocycles. The molecule has 4 aliphatic heterocycles. The third kappa shape index (κ3) is 6.22. The average molecular weight is 613 g/mol. The summed E-state index contributed by atoms with van der Waals surface area (Å²) in [7, 11) is 0. The van der Waals surface area contributed by atoms with Gasteiger partial charge < -0.3 is 24.2 Å². The number of nitrogens with one attached hydrogen (secondary N) is 1. The molecule has 5 aliphatic rings. The summed E-state index contributed by atoms with van der Waals surface area (Å²) in [5, 5.41) is 2.31. The second-order valence-corrected chi connectivity index (χ2v) is 14.2. The standard InChI is InChI=1S/C33H45FN4O6/c1-19-15-24(29(34)25-18-38(31(41)28(19)25)26-5-6-27(39)35-30(26)40)20-7-11-36(12-8-20)21-16-23(17-21)43-22-9-13-37(14-10-22)32(42)44-33(2,3)4/h15,20-23,26H,5-14,16-18H2,1-4H3,(H,35,39,40)/t21?,23?,26-/m1/s1. The van der Waals surface area contributed by atoms with Crippen LogP contribution in [0.1, 0.15) is 105 Å². The smallest absolute Gasteiger partial charge is 0.410 e. The van der Waals surface area contributed by atoms with E-state index < -0.39 is 17.6 Å². The molecule has 1 aromatic rings. The third-order valence-corrected chi connectivity index (χ3v) is 10.0. The summed E-state index contributed by atoms with van der Waals surface area (Å²) in [4.78, 5) is 55.3. The van der Waals surface area contributed by atoms with Crippen molar-refractivity contribution in [3.8, 4) is 0 Å². The molecule has 11 heteroatoms. The van der Waals surface area contributed by atoms with Crippen molar-refractivity contribution in [2.45, 2.75) is 121 Å². The molecule has 4 amide bonds. The molecular formula is C33H45FN4O6. The molecule has 3 saturated heterocycles. The first kappa shape index (κ1) is 31.0. The molecule has 6 rings (SSSR count). The minimum absolute atomic E-state index is 0.0588. The first-order valence-electron chi connectivity index (χ1n) is 16.2. The molecule has 0 spiro atoms. The summed E-state index contributed by atoms with van der Waals surface area (Å²) in [6.07, 6.45) is 5.97. The summed E-state index contributed by atoms with van der Waals surface area (Å²) in [5.41, 5.74) is 1.67. The first-order chi connectivity index (χ1) is 20.9. The van der Waals surface area contributed by atoms with Gasteiger partial charge in [0.25, 0.3) is 5.91 Å². The monoisotopic (exact) mass is 612 g/mol. The van der Waals surface area contributed by atoms with Crippen molar-refractivity contribution < 1.29 is 33.0 Å². The number of piperidine rings is 3. The van der Waals surface area contributed by atoms with Crippen LogP contribution in [0.5, 0.6) is 0 Å². The van der Waals surface area contributed by atoms with E-state index in [4.69, 9.17) is 9.47 Å². The van der Waals surface area contributed by atoms with Crippen molar-refractivity contribution in [1.29, 1.82) is 0 Å². The number of aryl methyl sites for hydroxylation is 1. The normalized spacial score (nSPS) is 27.3. The van der Waals surface area contributed by atoms with Gasteiger partial charge in [0.05, 0.1) is 24.3 Å². The second-order valence-electron chi connectivity index (χ2n) is 14.2. The van der Waals surface area contributed by atoms with Crippen LogP contribution in [0.3, 0.4) is 0 Å². The molecule has 1 saturated carbocycles. The molecule has 4 heterocycles. The predicted molar refractivity (Wildman–Crippen MR) is 159 cm³/mol. The Hall–Kier alpha value is -3.05. The van der Waals surface area contributed by atoms with Crippen LogP contribution in [0.25, 0.3) is 0 Å². The summed E-state index contributed by atoms with van der Waals surface area (Å²) in [6.45, 7) is 10.7. The highest BCUT2D eigenvalue weighted by atomic mass is 19.1. The second kappa shape index (κ2) is 12.0. The quantitative estimate of drug-likeness (QED) is 0.501. The number of hydrogen-bond acceptors (Lipinski definition) is 7. The fourth-order valence-electron chi connectivity index (χ4n) is 7.55. The zero-order valence-corrected chi connectivity index (χ0v) is 26.3. The van der Waals surface area contributed by atoms with Gasteiger partial charge in [-0.05, 0) is 103 Å². The number of nitrogens with zero attached hydrogens (tertiary/aromatic N) is 3. The minimum Gasteiger partial charge on any atom is -0.444 e. The molecule has 1 N–H and O–H groups in total. The molecule has 1 atom stereocenters. The van der Waals surface area contributed by atoms with Gasteiger partial charge in [-0.2, -0.15) is 0 Å². The van der Waals surface area contributed by atoms with Gasteiger partial charge in [0, 0.05) is 31.1 Å². The summed E-state index contributed by atoms with van der Waals surface area (Å²) < 4.78 is 27.8. The molecule has 44 heavy (non-hydrogen) atoms. The highest BCUT2D eigenvalue weighted by molar-refractivity contribution is 6.06. The number of amides is 4. The van der Waals surface area contributed by atoms with Crippen molar-refractivity contribution in [3.63, 3.8) is 0 Å². The molecule has 0 radical (unpaired) electrons. The van der Waals surface area contributed by atoms with Gasteiger partial charge >= 0.3 is 6.09 Å². The predicted octanol–water partition coefficient (Wildman–Crippen LogP) is 4.02. The van der Waals surface area contributed by atoms with Crippen LogP contribution in [-0.4, -0.2) is 94.6 Å². The van der Waals surface area contributed by atoms with Crippen LogP contribution >= 0.6 is 0 Å². The van der Waals surface area contributed by atoms with Crippen LogP contribution in [0, 0.1) is 12.7 Å². The minimum atomic E-state index is -0.751. The Morgan fingerprint density at radius 2 is 1.66 bits per heavy atom. The summed E-state index contributed by atoms with van der Waals surface area (Å²) in [6, 6.07) is 1.56. The van der Waals surface area contributed by atoms with E-state index in [-0.39, 0.29) is 61.2 Å². The van der Waals surface area contributed by atoms with Crippen molar-refractivity contribution in [2.24, 2.45) is 0 Å². The zero-order valence-electron chi connectivity index (χ0n) is 26.3. The zero-order chi connectivity index (χ0) is 31.3. The topological polar surface area (TPSA) is 108 Å². The molecule has 10 nitrogen and oxygen atoms in total. The Kier molecular flexibility index (Phi) is 8.47. The largest absolute Gasteiger partial charge is 0.444 e. The fraction of sp³-hybridized carbons (Fsp3) is 0.697.